The van der Waals surface area contributed by atoms with Crippen LogP contribution in [0.1, 0.15) is 23.1 Å². The molecule has 0 radical (unpaired) electrons. The van der Waals surface area contributed by atoms with E-state index < -0.39 is 28.5 Å². The zero-order chi connectivity index (χ0) is 21.0. The van der Waals surface area contributed by atoms with E-state index in [-0.39, 0.29) is 23.7 Å². The summed E-state index contributed by atoms with van der Waals surface area (Å²) in [5.74, 6) is -0.837. The standard InChI is InChI=1S/C20H21N3O5S/c1-13-6-5-8-16(14(13)2)22-18(24)12-28-19(25)10-11-21-20-15-7-3-4-9-17(15)29(26,27)23-20/h3-9H,10-12H2,1-2H3,(H,21,23)(H,22,24). The van der Waals surface area contributed by atoms with Gasteiger partial charge in [-0.25, -0.2) is 8.42 Å². The van der Waals surface area contributed by atoms with Crippen LogP contribution < -0.4 is 10.0 Å². The topological polar surface area (TPSA) is 114 Å². The molecule has 1 aliphatic rings. The normalized spacial score (nSPS) is 15.4. The van der Waals surface area contributed by atoms with Crippen molar-refractivity contribution in [3.63, 3.8) is 0 Å². The first-order valence-corrected chi connectivity index (χ1v) is 10.4. The van der Waals surface area contributed by atoms with Crippen LogP contribution in [-0.2, 0) is 24.3 Å². The zero-order valence-electron chi connectivity index (χ0n) is 16.1. The van der Waals surface area contributed by atoms with Crippen LogP contribution in [0, 0.1) is 13.8 Å². The summed E-state index contributed by atoms with van der Waals surface area (Å²) in [6.45, 7) is 3.46. The van der Waals surface area contributed by atoms with Crippen molar-refractivity contribution in [1.82, 2.24) is 4.72 Å². The van der Waals surface area contributed by atoms with Gasteiger partial charge in [0.15, 0.2) is 6.61 Å². The van der Waals surface area contributed by atoms with Gasteiger partial charge in [-0.1, -0.05) is 24.3 Å². The van der Waals surface area contributed by atoms with Gasteiger partial charge in [-0.2, -0.15) is 0 Å². The Labute approximate surface area is 169 Å². The third-order valence-electron chi connectivity index (χ3n) is 4.49. The Balaban J connectivity index is 1.49. The number of nitrogens with one attached hydrogen (secondary N) is 2. The summed E-state index contributed by atoms with van der Waals surface area (Å²) in [4.78, 5) is 28.1. The number of benzene rings is 2. The number of rotatable bonds is 6. The summed E-state index contributed by atoms with van der Waals surface area (Å²) in [5, 5.41) is 2.71. The van der Waals surface area contributed by atoms with Crippen molar-refractivity contribution in [2.75, 3.05) is 18.5 Å². The number of carbonyl (C=O) groups excluding carboxylic acids is 2. The maximum Gasteiger partial charge on any atom is 0.308 e. The summed E-state index contributed by atoms with van der Waals surface area (Å²) in [6.07, 6.45) is -0.0792. The maximum atomic E-state index is 12.0. The number of carbonyl (C=O) groups is 2. The number of sulfonamides is 1. The van der Waals surface area contributed by atoms with E-state index in [1.807, 2.05) is 26.0 Å². The molecule has 1 amide bonds. The van der Waals surface area contributed by atoms with Crippen LogP contribution in [0.4, 0.5) is 5.69 Å². The Kier molecular flexibility index (Phi) is 5.97. The minimum Gasteiger partial charge on any atom is -0.456 e. The van der Waals surface area contributed by atoms with Gasteiger partial charge in [0, 0.05) is 11.3 Å². The average molecular weight is 415 g/mol. The van der Waals surface area contributed by atoms with E-state index >= 15 is 0 Å². The van der Waals surface area contributed by atoms with Gasteiger partial charge in [0.25, 0.3) is 15.9 Å². The zero-order valence-corrected chi connectivity index (χ0v) is 16.9. The number of aliphatic imine (C=N–C) groups is 1. The van der Waals surface area contributed by atoms with E-state index in [2.05, 4.69) is 15.0 Å². The highest BCUT2D eigenvalue weighted by atomic mass is 32.2. The minimum absolute atomic E-state index is 0.0314. The van der Waals surface area contributed by atoms with E-state index in [1.54, 1.807) is 24.3 Å². The lowest BCUT2D eigenvalue weighted by Gasteiger charge is -2.10. The number of nitrogens with zero attached hydrogens (tertiary/aromatic N) is 1. The van der Waals surface area contributed by atoms with Crippen LogP contribution >= 0.6 is 0 Å². The molecule has 3 rings (SSSR count). The highest BCUT2D eigenvalue weighted by Crippen LogP contribution is 2.22. The highest BCUT2D eigenvalue weighted by Gasteiger charge is 2.29. The van der Waals surface area contributed by atoms with Crippen LogP contribution in [0.5, 0.6) is 0 Å². The number of esters is 1. The lowest BCUT2D eigenvalue weighted by Crippen LogP contribution is -2.23. The van der Waals surface area contributed by atoms with E-state index in [0.717, 1.165) is 11.1 Å². The third-order valence-corrected chi connectivity index (χ3v) is 5.89. The first kappa shape index (κ1) is 20.5. The Bertz CT molecular complexity index is 1090. The van der Waals surface area contributed by atoms with E-state index in [4.69, 9.17) is 4.74 Å². The smallest absolute Gasteiger partial charge is 0.308 e. The van der Waals surface area contributed by atoms with Crippen molar-refractivity contribution in [3.8, 4) is 0 Å². The molecule has 2 aromatic carbocycles. The second-order valence-electron chi connectivity index (χ2n) is 6.54. The fourth-order valence-corrected chi connectivity index (χ4v) is 4.05. The monoisotopic (exact) mass is 415 g/mol. The Morgan fingerprint density at radius 1 is 1.10 bits per heavy atom. The number of anilines is 1. The highest BCUT2D eigenvalue weighted by molar-refractivity contribution is 7.90. The minimum atomic E-state index is -3.61. The summed E-state index contributed by atoms with van der Waals surface area (Å²) >= 11 is 0. The van der Waals surface area contributed by atoms with Gasteiger partial charge < -0.3 is 10.1 Å². The van der Waals surface area contributed by atoms with Crippen LogP contribution in [-0.4, -0.2) is 39.3 Å². The van der Waals surface area contributed by atoms with Crippen LogP contribution in [0.15, 0.2) is 52.4 Å². The molecule has 9 heteroatoms. The average Bonchev–Trinajstić information content (AvgIpc) is 2.95. The fraction of sp³-hybridized carbons (Fsp3) is 0.250. The molecule has 0 aromatic heterocycles. The number of hydrogen-bond donors (Lipinski definition) is 2. The molecule has 2 aromatic rings. The fourth-order valence-electron chi connectivity index (χ4n) is 2.80. The van der Waals surface area contributed by atoms with Gasteiger partial charge >= 0.3 is 5.97 Å². The number of hydrogen-bond acceptors (Lipinski definition) is 6. The van der Waals surface area contributed by atoms with Crippen LogP contribution in [0.3, 0.4) is 0 Å². The molecule has 0 saturated carbocycles. The summed E-state index contributed by atoms with van der Waals surface area (Å²) in [5.41, 5.74) is 3.13. The van der Waals surface area contributed by atoms with Crippen molar-refractivity contribution in [2.45, 2.75) is 25.2 Å². The van der Waals surface area contributed by atoms with Crippen molar-refractivity contribution in [3.05, 3.63) is 59.2 Å². The number of fused-ring (bicyclic) bond motifs is 1. The van der Waals surface area contributed by atoms with Gasteiger partial charge in [0.2, 0.25) is 0 Å². The number of amidine groups is 1. The number of aryl methyl sites for hydroxylation is 1. The van der Waals surface area contributed by atoms with E-state index in [1.165, 1.54) is 6.07 Å². The molecule has 2 N–H and O–H groups in total. The lowest BCUT2D eigenvalue weighted by atomic mass is 10.1. The van der Waals surface area contributed by atoms with Crippen molar-refractivity contribution in [2.24, 2.45) is 4.99 Å². The predicted molar refractivity (Wildman–Crippen MR) is 108 cm³/mol. The molecular formula is C20H21N3O5S. The van der Waals surface area contributed by atoms with Gasteiger partial charge in [0.05, 0.1) is 17.9 Å². The molecule has 0 fully saturated rings. The Morgan fingerprint density at radius 2 is 1.86 bits per heavy atom. The van der Waals surface area contributed by atoms with E-state index in [9.17, 15) is 18.0 Å². The molecule has 0 aliphatic carbocycles. The Morgan fingerprint density at radius 3 is 2.66 bits per heavy atom. The van der Waals surface area contributed by atoms with Gasteiger partial charge in [-0.15, -0.1) is 0 Å². The number of amides is 1. The molecule has 29 heavy (non-hydrogen) atoms. The molecule has 0 bridgehead atoms. The van der Waals surface area contributed by atoms with Crippen molar-refractivity contribution >= 4 is 33.4 Å². The summed E-state index contributed by atoms with van der Waals surface area (Å²) in [7, 11) is -3.61. The molecule has 0 atom stereocenters. The van der Waals surface area contributed by atoms with Gasteiger partial charge in [-0.3, -0.25) is 19.3 Å². The molecule has 1 aliphatic heterocycles. The third kappa shape index (κ3) is 4.80. The second kappa shape index (κ2) is 8.44. The molecule has 0 spiro atoms. The quantitative estimate of drug-likeness (QED) is 0.700. The van der Waals surface area contributed by atoms with E-state index in [0.29, 0.717) is 11.3 Å². The largest absolute Gasteiger partial charge is 0.456 e. The van der Waals surface area contributed by atoms with Crippen LogP contribution in [0.2, 0.25) is 0 Å². The molecule has 152 valence electrons. The predicted octanol–water partition coefficient (Wildman–Crippen LogP) is 1.91. The molecule has 8 nitrogen and oxygen atoms in total. The maximum absolute atomic E-state index is 12.0. The van der Waals surface area contributed by atoms with Gasteiger partial charge in [0.1, 0.15) is 5.84 Å². The molecule has 0 saturated heterocycles. The van der Waals surface area contributed by atoms with Gasteiger partial charge in [-0.05, 0) is 43.2 Å². The first-order chi connectivity index (χ1) is 13.8. The molecular weight excluding hydrogens is 394 g/mol. The molecule has 1 heterocycles. The van der Waals surface area contributed by atoms with Crippen LogP contribution in [0.25, 0.3) is 0 Å². The number of ether oxygens (including phenoxy) is 1. The molecule has 0 unspecified atom stereocenters. The Hall–Kier alpha value is -3.20. The SMILES string of the molecule is Cc1cccc(NC(=O)COC(=O)CCN=C2NS(=O)(=O)c3ccccc32)c1C. The van der Waals surface area contributed by atoms with Crippen molar-refractivity contribution < 1.29 is 22.7 Å². The first-order valence-electron chi connectivity index (χ1n) is 8.96. The second-order valence-corrected chi connectivity index (χ2v) is 8.19. The van der Waals surface area contributed by atoms with Crippen molar-refractivity contribution in [1.29, 1.82) is 0 Å². The summed E-state index contributed by atoms with van der Waals surface area (Å²) in [6, 6.07) is 12.0. The lowest BCUT2D eigenvalue weighted by molar-refractivity contribution is -0.147. The summed E-state index contributed by atoms with van der Waals surface area (Å²) < 4.78 is 31.3.